The number of ketones is 1. The lowest BCUT2D eigenvalue weighted by atomic mass is 10.0. The minimum atomic E-state index is 0.515. The molecule has 0 aromatic carbocycles. The van der Waals surface area contributed by atoms with Crippen LogP contribution in [0.5, 0.6) is 0 Å². The lowest BCUT2D eigenvalue weighted by Crippen LogP contribution is -2.43. The Bertz CT molecular complexity index is 243. The van der Waals surface area contributed by atoms with Crippen molar-refractivity contribution in [2.24, 2.45) is 5.92 Å². The first-order valence-electron chi connectivity index (χ1n) is 6.60. The Morgan fingerprint density at radius 2 is 1.73 bits per heavy atom. The van der Waals surface area contributed by atoms with Gasteiger partial charge in [-0.05, 0) is 38.1 Å². The van der Waals surface area contributed by atoms with E-state index in [1.165, 1.54) is 45.1 Å². The van der Waals surface area contributed by atoms with E-state index in [1.54, 1.807) is 0 Å². The number of hydrogen-bond acceptors (Lipinski definition) is 2. The summed E-state index contributed by atoms with van der Waals surface area (Å²) in [5.41, 5.74) is 0. The molecule has 3 fully saturated rings. The molecule has 0 N–H and O–H groups in total. The van der Waals surface area contributed by atoms with Gasteiger partial charge in [0, 0.05) is 24.9 Å². The molecule has 0 aromatic rings. The molecule has 2 bridgehead atoms. The van der Waals surface area contributed by atoms with E-state index in [0.29, 0.717) is 17.9 Å². The highest BCUT2D eigenvalue weighted by molar-refractivity contribution is 5.80. The van der Waals surface area contributed by atoms with Crippen LogP contribution in [0, 0.1) is 5.92 Å². The molecule has 1 aliphatic carbocycles. The molecule has 2 unspecified atom stereocenters. The number of carbonyl (C=O) groups excluding carboxylic acids is 1. The summed E-state index contributed by atoms with van der Waals surface area (Å²) in [5.74, 6) is 1.58. The second-order valence-electron chi connectivity index (χ2n) is 5.66. The third-order valence-electron chi connectivity index (χ3n) is 4.42. The van der Waals surface area contributed by atoms with Crippen molar-refractivity contribution in [1.29, 1.82) is 0 Å². The van der Waals surface area contributed by atoms with E-state index in [1.807, 2.05) is 0 Å². The van der Waals surface area contributed by atoms with Crippen molar-refractivity contribution in [3.8, 4) is 0 Å². The second kappa shape index (κ2) is 3.89. The quantitative estimate of drug-likeness (QED) is 0.705. The van der Waals surface area contributed by atoms with Crippen LogP contribution in [0.25, 0.3) is 0 Å². The second-order valence-corrected chi connectivity index (χ2v) is 5.66. The lowest BCUT2D eigenvalue weighted by Gasteiger charge is -2.33. The molecule has 2 aliphatic heterocycles. The molecule has 0 aromatic heterocycles. The van der Waals surface area contributed by atoms with Crippen molar-refractivity contribution in [2.45, 2.75) is 63.5 Å². The maximum absolute atomic E-state index is 11.4. The molecule has 2 saturated heterocycles. The lowest BCUT2D eigenvalue weighted by molar-refractivity contribution is -0.123. The van der Waals surface area contributed by atoms with Crippen LogP contribution in [0.2, 0.25) is 0 Å². The summed E-state index contributed by atoms with van der Waals surface area (Å²) in [4.78, 5) is 14.1. The highest BCUT2D eigenvalue weighted by atomic mass is 16.1. The van der Waals surface area contributed by atoms with Gasteiger partial charge in [-0.1, -0.05) is 12.8 Å². The smallest absolute Gasteiger partial charge is 0.136 e. The van der Waals surface area contributed by atoms with Crippen LogP contribution in [-0.2, 0) is 4.79 Å². The zero-order chi connectivity index (χ0) is 10.3. The summed E-state index contributed by atoms with van der Waals surface area (Å²) in [6.07, 6.45) is 10.0. The van der Waals surface area contributed by atoms with Gasteiger partial charge in [-0.2, -0.15) is 0 Å². The van der Waals surface area contributed by atoms with Gasteiger partial charge >= 0.3 is 0 Å². The van der Waals surface area contributed by atoms with Crippen molar-refractivity contribution >= 4 is 5.78 Å². The zero-order valence-corrected chi connectivity index (χ0v) is 9.45. The van der Waals surface area contributed by atoms with Crippen molar-refractivity contribution in [3.63, 3.8) is 0 Å². The Morgan fingerprint density at radius 1 is 1.07 bits per heavy atom. The summed E-state index contributed by atoms with van der Waals surface area (Å²) in [6.45, 7) is 1.26. The maximum atomic E-state index is 11.4. The van der Waals surface area contributed by atoms with Crippen LogP contribution in [-0.4, -0.2) is 29.3 Å². The molecule has 1 saturated carbocycles. The monoisotopic (exact) mass is 207 g/mol. The van der Waals surface area contributed by atoms with Crippen LogP contribution >= 0.6 is 0 Å². The molecule has 2 heteroatoms. The number of carbonyl (C=O) groups is 1. The summed E-state index contributed by atoms with van der Waals surface area (Å²) < 4.78 is 0. The van der Waals surface area contributed by atoms with E-state index in [4.69, 9.17) is 0 Å². The van der Waals surface area contributed by atoms with Gasteiger partial charge in [0.1, 0.15) is 5.78 Å². The van der Waals surface area contributed by atoms with Gasteiger partial charge in [0.25, 0.3) is 0 Å². The van der Waals surface area contributed by atoms with E-state index in [2.05, 4.69) is 4.90 Å². The summed E-state index contributed by atoms with van der Waals surface area (Å²) in [6, 6.07) is 1.24. The van der Waals surface area contributed by atoms with E-state index < -0.39 is 0 Å². The SMILES string of the molecule is O=C1CC2CCC(C1)N2CCCC1CC1. The normalized spacial score (nSPS) is 36.1. The molecule has 2 atom stereocenters. The average molecular weight is 207 g/mol. The maximum Gasteiger partial charge on any atom is 0.136 e. The van der Waals surface area contributed by atoms with Crippen molar-refractivity contribution in [2.75, 3.05) is 6.54 Å². The number of nitrogens with zero attached hydrogens (tertiary/aromatic N) is 1. The number of piperidine rings is 1. The van der Waals surface area contributed by atoms with Crippen LogP contribution < -0.4 is 0 Å². The highest BCUT2D eigenvalue weighted by Gasteiger charge is 2.39. The van der Waals surface area contributed by atoms with Gasteiger partial charge in [0.2, 0.25) is 0 Å². The third-order valence-corrected chi connectivity index (χ3v) is 4.42. The minimum absolute atomic E-state index is 0.515. The van der Waals surface area contributed by atoms with E-state index in [-0.39, 0.29) is 0 Å². The third kappa shape index (κ3) is 2.10. The first kappa shape index (κ1) is 9.83. The van der Waals surface area contributed by atoms with Crippen molar-refractivity contribution < 1.29 is 4.79 Å². The zero-order valence-electron chi connectivity index (χ0n) is 9.45. The predicted octanol–water partition coefficient (Wildman–Crippen LogP) is 2.37. The molecule has 84 valence electrons. The van der Waals surface area contributed by atoms with Crippen LogP contribution in [0.3, 0.4) is 0 Å². The summed E-state index contributed by atoms with van der Waals surface area (Å²) >= 11 is 0. The van der Waals surface area contributed by atoms with E-state index in [0.717, 1.165) is 18.8 Å². The van der Waals surface area contributed by atoms with Gasteiger partial charge in [0.15, 0.2) is 0 Å². The summed E-state index contributed by atoms with van der Waals surface area (Å²) in [5, 5.41) is 0. The molecule has 15 heavy (non-hydrogen) atoms. The number of rotatable bonds is 4. The molecular weight excluding hydrogens is 186 g/mol. The van der Waals surface area contributed by atoms with Crippen LogP contribution in [0.4, 0.5) is 0 Å². The Hall–Kier alpha value is -0.370. The largest absolute Gasteiger partial charge is 0.300 e. The molecule has 0 radical (unpaired) electrons. The molecule has 0 amide bonds. The molecule has 3 aliphatic rings. The number of Topliss-reactive ketones (excluding diaryl/α,β-unsaturated/α-hetero) is 1. The fraction of sp³-hybridized carbons (Fsp3) is 0.923. The van der Waals surface area contributed by atoms with Crippen LogP contribution in [0.15, 0.2) is 0 Å². The van der Waals surface area contributed by atoms with Gasteiger partial charge in [-0.15, -0.1) is 0 Å². The van der Waals surface area contributed by atoms with Gasteiger partial charge < -0.3 is 0 Å². The fourth-order valence-corrected chi connectivity index (χ4v) is 3.40. The predicted molar refractivity (Wildman–Crippen MR) is 59.7 cm³/mol. The highest BCUT2D eigenvalue weighted by Crippen LogP contribution is 2.36. The molecule has 0 spiro atoms. The van der Waals surface area contributed by atoms with Crippen molar-refractivity contribution in [3.05, 3.63) is 0 Å². The fourth-order valence-electron chi connectivity index (χ4n) is 3.40. The molecule has 2 nitrogen and oxygen atoms in total. The first-order valence-corrected chi connectivity index (χ1v) is 6.60. The van der Waals surface area contributed by atoms with E-state index in [9.17, 15) is 4.79 Å². The molecular formula is C13H21NO. The van der Waals surface area contributed by atoms with E-state index >= 15 is 0 Å². The minimum Gasteiger partial charge on any atom is -0.300 e. The molecule has 3 rings (SSSR count). The van der Waals surface area contributed by atoms with Crippen LogP contribution in [0.1, 0.15) is 51.4 Å². The standard InChI is InChI=1S/C13H21NO/c15-13-8-11-5-6-12(9-13)14(11)7-1-2-10-3-4-10/h10-12H,1-9H2. The Kier molecular flexibility index (Phi) is 2.55. The van der Waals surface area contributed by atoms with Gasteiger partial charge in [-0.3, -0.25) is 9.69 Å². The van der Waals surface area contributed by atoms with Gasteiger partial charge in [0.05, 0.1) is 0 Å². The molecule has 2 heterocycles. The number of hydrogen-bond donors (Lipinski definition) is 0. The Balaban J connectivity index is 1.50. The Morgan fingerprint density at radius 3 is 2.33 bits per heavy atom. The summed E-state index contributed by atoms with van der Waals surface area (Å²) in [7, 11) is 0. The first-order chi connectivity index (χ1) is 7.33. The van der Waals surface area contributed by atoms with Gasteiger partial charge in [-0.25, -0.2) is 0 Å². The van der Waals surface area contributed by atoms with Crippen molar-refractivity contribution in [1.82, 2.24) is 4.90 Å². The Labute approximate surface area is 92.0 Å². The topological polar surface area (TPSA) is 20.3 Å². The average Bonchev–Trinajstić information content (AvgIpc) is 2.97. The number of fused-ring (bicyclic) bond motifs is 2.